The molecule has 4 nitrogen and oxygen atoms in total. The average Bonchev–Trinajstić information content (AvgIpc) is 3.00. The average molecular weight is 261 g/mol. The third-order valence-corrected chi connectivity index (χ3v) is 4.35. The molecule has 0 amide bonds. The van der Waals surface area contributed by atoms with Gasteiger partial charge in [0.25, 0.3) is 0 Å². The van der Waals surface area contributed by atoms with Gasteiger partial charge in [0.15, 0.2) is 0 Å². The second-order valence-corrected chi connectivity index (χ2v) is 6.98. The first-order valence-electron chi connectivity index (χ1n) is 7.14. The van der Waals surface area contributed by atoms with Gasteiger partial charge in [-0.2, -0.15) is 0 Å². The molecule has 3 heterocycles. The maximum atomic E-state index is 5.57. The Labute approximate surface area is 115 Å². The van der Waals surface area contributed by atoms with Crippen LogP contribution in [0, 0.1) is 5.41 Å². The van der Waals surface area contributed by atoms with Crippen molar-refractivity contribution in [2.24, 2.45) is 5.41 Å². The Morgan fingerprint density at radius 2 is 2.05 bits per heavy atom. The molecule has 0 aliphatic carbocycles. The highest BCUT2D eigenvalue weighted by Crippen LogP contribution is 2.39. The van der Waals surface area contributed by atoms with Gasteiger partial charge in [-0.25, -0.2) is 4.98 Å². The highest BCUT2D eigenvalue weighted by atomic mass is 16.5. The van der Waals surface area contributed by atoms with Crippen molar-refractivity contribution < 1.29 is 4.74 Å². The lowest BCUT2D eigenvalue weighted by molar-refractivity contribution is 0.160. The van der Waals surface area contributed by atoms with E-state index in [1.165, 1.54) is 12.8 Å². The Bertz CT molecular complexity index is 443. The molecule has 0 aromatic carbocycles. The molecule has 1 spiro atoms. The van der Waals surface area contributed by atoms with E-state index in [9.17, 15) is 0 Å². The minimum absolute atomic E-state index is 0.0665. The molecule has 3 rings (SSSR count). The zero-order valence-electron chi connectivity index (χ0n) is 12.1. The van der Waals surface area contributed by atoms with E-state index in [0.29, 0.717) is 5.41 Å². The Morgan fingerprint density at radius 3 is 2.63 bits per heavy atom. The number of aromatic nitrogens is 2. The SMILES string of the molecule is CC(C)(C)c1cnc(N2CCC3(CCOC3)C2)cn1. The molecular formula is C15H23N3O. The van der Waals surface area contributed by atoms with Gasteiger partial charge < -0.3 is 9.64 Å². The minimum atomic E-state index is 0.0665. The number of nitrogens with zero attached hydrogens (tertiary/aromatic N) is 3. The van der Waals surface area contributed by atoms with Gasteiger partial charge in [0.1, 0.15) is 5.82 Å². The molecule has 2 aliphatic rings. The zero-order chi connectivity index (χ0) is 13.5. The number of rotatable bonds is 1. The summed E-state index contributed by atoms with van der Waals surface area (Å²) in [4.78, 5) is 11.5. The predicted molar refractivity (Wildman–Crippen MR) is 75.4 cm³/mol. The van der Waals surface area contributed by atoms with Crippen LogP contribution in [0.1, 0.15) is 39.3 Å². The molecule has 1 atom stereocenters. The van der Waals surface area contributed by atoms with Crippen molar-refractivity contribution in [1.82, 2.24) is 9.97 Å². The summed E-state index contributed by atoms with van der Waals surface area (Å²) >= 11 is 0. The Balaban J connectivity index is 1.73. The van der Waals surface area contributed by atoms with Crippen molar-refractivity contribution in [3.8, 4) is 0 Å². The fourth-order valence-corrected chi connectivity index (χ4v) is 2.97. The summed E-state index contributed by atoms with van der Waals surface area (Å²) in [5, 5.41) is 0. The van der Waals surface area contributed by atoms with Gasteiger partial charge in [-0.1, -0.05) is 20.8 Å². The number of anilines is 1. The normalized spacial score (nSPS) is 27.4. The van der Waals surface area contributed by atoms with Gasteiger partial charge in [0, 0.05) is 30.5 Å². The molecule has 19 heavy (non-hydrogen) atoms. The molecule has 0 saturated carbocycles. The van der Waals surface area contributed by atoms with Crippen molar-refractivity contribution in [2.45, 2.75) is 39.0 Å². The molecule has 2 aliphatic heterocycles. The van der Waals surface area contributed by atoms with Gasteiger partial charge in [-0.05, 0) is 12.8 Å². The van der Waals surface area contributed by atoms with Crippen LogP contribution in [0.5, 0.6) is 0 Å². The van der Waals surface area contributed by atoms with Crippen LogP contribution in [0.4, 0.5) is 5.82 Å². The van der Waals surface area contributed by atoms with Gasteiger partial charge in [0.05, 0.1) is 24.7 Å². The molecule has 2 saturated heterocycles. The van der Waals surface area contributed by atoms with Crippen molar-refractivity contribution in [3.63, 3.8) is 0 Å². The molecule has 1 unspecified atom stereocenters. The van der Waals surface area contributed by atoms with E-state index < -0.39 is 0 Å². The summed E-state index contributed by atoms with van der Waals surface area (Å²) < 4.78 is 5.57. The minimum Gasteiger partial charge on any atom is -0.381 e. The van der Waals surface area contributed by atoms with Crippen LogP contribution >= 0.6 is 0 Å². The third-order valence-electron chi connectivity index (χ3n) is 4.35. The lowest BCUT2D eigenvalue weighted by atomic mass is 9.87. The summed E-state index contributed by atoms with van der Waals surface area (Å²) in [7, 11) is 0. The smallest absolute Gasteiger partial charge is 0.147 e. The standard InChI is InChI=1S/C15H23N3O/c1-14(2,3)12-8-17-13(9-16-12)18-6-4-15(10-18)5-7-19-11-15/h8-9H,4-7,10-11H2,1-3H3. The van der Waals surface area contributed by atoms with Crippen molar-refractivity contribution in [2.75, 3.05) is 31.2 Å². The summed E-state index contributed by atoms with van der Waals surface area (Å²) in [5.74, 6) is 1.01. The molecular weight excluding hydrogens is 238 g/mol. The fraction of sp³-hybridized carbons (Fsp3) is 0.733. The number of hydrogen-bond acceptors (Lipinski definition) is 4. The van der Waals surface area contributed by atoms with Crippen molar-refractivity contribution in [3.05, 3.63) is 18.1 Å². The topological polar surface area (TPSA) is 38.2 Å². The first kappa shape index (κ1) is 12.9. The molecule has 1 aromatic rings. The lowest BCUT2D eigenvalue weighted by Crippen LogP contribution is -2.28. The molecule has 104 valence electrons. The van der Waals surface area contributed by atoms with Crippen LogP contribution in [0.25, 0.3) is 0 Å². The van der Waals surface area contributed by atoms with E-state index >= 15 is 0 Å². The first-order chi connectivity index (χ1) is 8.99. The van der Waals surface area contributed by atoms with Gasteiger partial charge in [-0.15, -0.1) is 0 Å². The molecule has 0 bridgehead atoms. The van der Waals surface area contributed by atoms with E-state index in [1.807, 2.05) is 12.4 Å². The van der Waals surface area contributed by atoms with Crippen LogP contribution < -0.4 is 4.90 Å². The van der Waals surface area contributed by atoms with E-state index in [-0.39, 0.29) is 5.41 Å². The summed E-state index contributed by atoms with van der Waals surface area (Å²) in [6, 6.07) is 0. The summed E-state index contributed by atoms with van der Waals surface area (Å²) in [5.41, 5.74) is 1.50. The Kier molecular flexibility index (Phi) is 3.01. The third kappa shape index (κ3) is 2.46. The Morgan fingerprint density at radius 1 is 1.21 bits per heavy atom. The number of ether oxygens (including phenoxy) is 1. The van der Waals surface area contributed by atoms with Crippen molar-refractivity contribution in [1.29, 1.82) is 0 Å². The zero-order valence-corrected chi connectivity index (χ0v) is 12.1. The van der Waals surface area contributed by atoms with Gasteiger partial charge >= 0.3 is 0 Å². The van der Waals surface area contributed by atoms with E-state index in [1.54, 1.807) is 0 Å². The lowest BCUT2D eigenvalue weighted by Gasteiger charge is -2.23. The quantitative estimate of drug-likeness (QED) is 0.778. The molecule has 0 radical (unpaired) electrons. The van der Waals surface area contributed by atoms with E-state index in [2.05, 4.69) is 35.6 Å². The molecule has 4 heteroatoms. The fourth-order valence-electron chi connectivity index (χ4n) is 2.97. The molecule has 1 aromatic heterocycles. The molecule has 0 N–H and O–H groups in total. The largest absolute Gasteiger partial charge is 0.381 e. The van der Waals surface area contributed by atoms with E-state index in [0.717, 1.165) is 37.8 Å². The summed E-state index contributed by atoms with van der Waals surface area (Å²) in [6.45, 7) is 10.5. The van der Waals surface area contributed by atoms with Crippen LogP contribution in [0.2, 0.25) is 0 Å². The Hall–Kier alpha value is -1.16. The second kappa shape index (κ2) is 4.44. The van der Waals surface area contributed by atoms with Crippen LogP contribution in [0.3, 0.4) is 0 Å². The van der Waals surface area contributed by atoms with E-state index in [4.69, 9.17) is 4.74 Å². The maximum Gasteiger partial charge on any atom is 0.147 e. The molecule has 2 fully saturated rings. The maximum absolute atomic E-state index is 5.57. The highest BCUT2D eigenvalue weighted by Gasteiger charge is 2.41. The van der Waals surface area contributed by atoms with Crippen LogP contribution in [-0.4, -0.2) is 36.3 Å². The van der Waals surface area contributed by atoms with Gasteiger partial charge in [-0.3, -0.25) is 4.98 Å². The van der Waals surface area contributed by atoms with Crippen LogP contribution in [0.15, 0.2) is 12.4 Å². The second-order valence-electron chi connectivity index (χ2n) is 6.98. The van der Waals surface area contributed by atoms with Crippen LogP contribution in [-0.2, 0) is 10.2 Å². The first-order valence-corrected chi connectivity index (χ1v) is 7.14. The highest BCUT2D eigenvalue weighted by molar-refractivity contribution is 5.38. The number of hydrogen-bond donors (Lipinski definition) is 0. The summed E-state index contributed by atoms with van der Waals surface area (Å²) in [6.07, 6.45) is 6.26. The monoisotopic (exact) mass is 261 g/mol. The van der Waals surface area contributed by atoms with Gasteiger partial charge in [0.2, 0.25) is 0 Å². The predicted octanol–water partition coefficient (Wildman–Crippen LogP) is 2.39. The van der Waals surface area contributed by atoms with Crippen molar-refractivity contribution >= 4 is 5.82 Å².